The molecule has 0 aromatic carbocycles. The van der Waals surface area contributed by atoms with E-state index in [1.54, 1.807) is 0 Å². The summed E-state index contributed by atoms with van der Waals surface area (Å²) in [4.78, 5) is 0. The van der Waals surface area contributed by atoms with Crippen molar-refractivity contribution in [1.29, 1.82) is 0 Å². The number of hydrogen-bond donors (Lipinski definition) is 0. The predicted molar refractivity (Wildman–Crippen MR) is 62.2 cm³/mol. The summed E-state index contributed by atoms with van der Waals surface area (Å²) in [5.41, 5.74) is 0. The normalized spacial score (nSPS) is 17.4. The first-order valence-corrected chi connectivity index (χ1v) is 6.13. The van der Waals surface area contributed by atoms with Crippen molar-refractivity contribution in [3.63, 3.8) is 0 Å². The Morgan fingerprint density at radius 2 is 2.21 bits per heavy atom. The summed E-state index contributed by atoms with van der Waals surface area (Å²) in [7, 11) is 0. The predicted octanol–water partition coefficient (Wildman–Crippen LogP) is 4.00. The average Bonchev–Trinajstić information content (AvgIpc) is 2.18. The smallest absolute Gasteiger partial charge is 0.179 e. The van der Waals surface area contributed by atoms with Crippen molar-refractivity contribution in [3.8, 4) is 0 Å². The molecule has 1 nitrogen and oxygen atoms in total. The molecular weight excluding hydrogens is 199 g/mol. The van der Waals surface area contributed by atoms with Crippen molar-refractivity contribution >= 4 is 11.8 Å². The largest absolute Gasteiger partial charge is 0.371 e. The lowest BCUT2D eigenvalue weighted by molar-refractivity contribution is 0.189. The van der Waals surface area contributed by atoms with Gasteiger partial charge in [0.1, 0.15) is 0 Å². The molecule has 0 aromatic rings. The van der Waals surface area contributed by atoms with E-state index in [1.807, 2.05) is 13.8 Å². The number of thioether (sulfide) groups is 1. The maximum atomic E-state index is 14.2. The minimum atomic E-state index is -1.34. The first kappa shape index (κ1) is 14.0. The topological polar surface area (TPSA) is 9.23 Å². The molecule has 0 spiro atoms. The summed E-state index contributed by atoms with van der Waals surface area (Å²) < 4.78 is 19.3. The van der Waals surface area contributed by atoms with Gasteiger partial charge in [0.15, 0.2) is 5.00 Å². The third-order valence-electron chi connectivity index (χ3n) is 2.24. The maximum absolute atomic E-state index is 14.2. The molecule has 0 saturated carbocycles. The molecule has 0 aliphatic heterocycles. The van der Waals surface area contributed by atoms with Crippen LogP contribution in [0.4, 0.5) is 4.39 Å². The van der Waals surface area contributed by atoms with Crippen molar-refractivity contribution in [2.75, 3.05) is 12.5 Å². The third-order valence-corrected chi connectivity index (χ3v) is 3.54. The van der Waals surface area contributed by atoms with Crippen LogP contribution in [0, 0.1) is 5.92 Å². The summed E-state index contributed by atoms with van der Waals surface area (Å²) in [6, 6.07) is 0. The van der Waals surface area contributed by atoms with E-state index in [9.17, 15) is 4.39 Å². The molecule has 0 saturated heterocycles. The maximum Gasteiger partial charge on any atom is 0.179 e. The van der Waals surface area contributed by atoms with Gasteiger partial charge in [0.25, 0.3) is 0 Å². The molecule has 2 unspecified atom stereocenters. The number of alkyl halides is 1. The second kappa shape index (κ2) is 7.30. The van der Waals surface area contributed by atoms with Gasteiger partial charge in [-0.2, -0.15) is 0 Å². The van der Waals surface area contributed by atoms with Crippen LogP contribution in [0.1, 0.15) is 33.6 Å². The van der Waals surface area contributed by atoms with Gasteiger partial charge in [-0.25, -0.2) is 4.39 Å². The van der Waals surface area contributed by atoms with Crippen molar-refractivity contribution in [3.05, 3.63) is 12.7 Å². The van der Waals surface area contributed by atoms with Gasteiger partial charge in [-0.3, -0.25) is 0 Å². The van der Waals surface area contributed by atoms with Gasteiger partial charge in [-0.1, -0.05) is 38.6 Å². The van der Waals surface area contributed by atoms with E-state index in [1.165, 1.54) is 17.8 Å². The van der Waals surface area contributed by atoms with Crippen LogP contribution in [0.25, 0.3) is 0 Å². The van der Waals surface area contributed by atoms with Crippen molar-refractivity contribution in [2.45, 2.75) is 38.6 Å². The van der Waals surface area contributed by atoms with E-state index >= 15 is 0 Å². The summed E-state index contributed by atoms with van der Waals surface area (Å²) in [6.07, 6.45) is 3.27. The highest BCUT2D eigenvalue weighted by Gasteiger charge is 2.32. The van der Waals surface area contributed by atoms with Gasteiger partial charge in [-0.05, 0) is 19.4 Å². The van der Waals surface area contributed by atoms with Gasteiger partial charge in [0.2, 0.25) is 0 Å². The zero-order chi connectivity index (χ0) is 11.0. The molecule has 0 N–H and O–H groups in total. The SMILES string of the molecule is C=CC(F)(SCOCC)C(C)CCC. The van der Waals surface area contributed by atoms with E-state index in [2.05, 4.69) is 13.5 Å². The Morgan fingerprint density at radius 3 is 2.64 bits per heavy atom. The molecule has 84 valence electrons. The van der Waals surface area contributed by atoms with E-state index in [0.29, 0.717) is 12.5 Å². The fourth-order valence-corrected chi connectivity index (χ4v) is 2.20. The van der Waals surface area contributed by atoms with Crippen LogP contribution < -0.4 is 0 Å². The standard InChI is InChI=1S/C11H21FOS/c1-5-8-10(4)11(12,6-2)14-9-13-7-3/h6,10H,2,5,7-9H2,1,3-4H3. The van der Waals surface area contributed by atoms with Gasteiger partial charge in [-0.15, -0.1) is 0 Å². The highest BCUT2D eigenvalue weighted by atomic mass is 32.2. The molecule has 14 heavy (non-hydrogen) atoms. The lowest BCUT2D eigenvalue weighted by Gasteiger charge is -2.27. The van der Waals surface area contributed by atoms with Crippen LogP contribution in [0.3, 0.4) is 0 Å². The van der Waals surface area contributed by atoms with Crippen LogP contribution in [0.15, 0.2) is 12.7 Å². The first-order chi connectivity index (χ1) is 6.60. The van der Waals surface area contributed by atoms with Crippen molar-refractivity contribution < 1.29 is 9.13 Å². The highest BCUT2D eigenvalue weighted by molar-refractivity contribution is 8.00. The Bertz CT molecular complexity index is 163. The molecular formula is C11H21FOS. The third kappa shape index (κ3) is 4.47. The van der Waals surface area contributed by atoms with Gasteiger partial charge in [0, 0.05) is 12.5 Å². The molecule has 0 aliphatic rings. The van der Waals surface area contributed by atoms with Gasteiger partial charge < -0.3 is 4.74 Å². The van der Waals surface area contributed by atoms with E-state index < -0.39 is 5.00 Å². The Morgan fingerprint density at radius 1 is 1.57 bits per heavy atom. The quantitative estimate of drug-likeness (QED) is 0.347. The number of hydrogen-bond acceptors (Lipinski definition) is 2. The van der Waals surface area contributed by atoms with Crippen molar-refractivity contribution in [1.82, 2.24) is 0 Å². The Balaban J connectivity index is 4.08. The molecule has 0 aliphatic carbocycles. The number of rotatable bonds is 8. The zero-order valence-electron chi connectivity index (χ0n) is 9.38. The highest BCUT2D eigenvalue weighted by Crippen LogP contribution is 2.38. The van der Waals surface area contributed by atoms with Crippen LogP contribution in [-0.4, -0.2) is 17.5 Å². The molecule has 0 amide bonds. The van der Waals surface area contributed by atoms with E-state index in [0.717, 1.165) is 12.8 Å². The molecule has 0 radical (unpaired) electrons. The summed E-state index contributed by atoms with van der Waals surface area (Å²) >= 11 is 1.19. The second-order valence-corrected chi connectivity index (χ2v) is 4.50. The summed E-state index contributed by atoms with van der Waals surface area (Å²) in [5.74, 6) is 0.392. The molecule has 0 bridgehead atoms. The van der Waals surface area contributed by atoms with Crippen LogP contribution >= 0.6 is 11.8 Å². The van der Waals surface area contributed by atoms with Gasteiger partial charge >= 0.3 is 0 Å². The van der Waals surface area contributed by atoms with Crippen LogP contribution in [-0.2, 0) is 4.74 Å². The monoisotopic (exact) mass is 220 g/mol. The second-order valence-electron chi connectivity index (χ2n) is 3.35. The fraction of sp³-hybridized carbons (Fsp3) is 0.818. The van der Waals surface area contributed by atoms with E-state index in [4.69, 9.17) is 4.74 Å². The molecule has 0 fully saturated rings. The van der Waals surface area contributed by atoms with E-state index in [-0.39, 0.29) is 5.92 Å². The Kier molecular flexibility index (Phi) is 7.28. The lowest BCUT2D eigenvalue weighted by atomic mass is 10.00. The molecule has 0 rings (SSSR count). The summed E-state index contributed by atoms with van der Waals surface area (Å²) in [6.45, 7) is 10.1. The molecule has 0 heterocycles. The minimum absolute atomic E-state index is 0.00421. The molecule has 2 atom stereocenters. The molecule has 3 heteroatoms. The van der Waals surface area contributed by atoms with Crippen LogP contribution in [0.5, 0.6) is 0 Å². The average molecular weight is 220 g/mol. The Hall–Kier alpha value is -0.0200. The lowest BCUT2D eigenvalue weighted by Crippen LogP contribution is -2.25. The van der Waals surface area contributed by atoms with Crippen LogP contribution in [0.2, 0.25) is 0 Å². The first-order valence-electron chi connectivity index (χ1n) is 5.14. The van der Waals surface area contributed by atoms with Crippen molar-refractivity contribution in [2.24, 2.45) is 5.92 Å². The number of ether oxygens (including phenoxy) is 1. The fourth-order valence-electron chi connectivity index (χ4n) is 1.25. The minimum Gasteiger partial charge on any atom is -0.371 e. The summed E-state index contributed by atoms with van der Waals surface area (Å²) in [5, 5.41) is -1.34. The van der Waals surface area contributed by atoms with Gasteiger partial charge in [0.05, 0.1) is 5.94 Å². The molecule has 0 aromatic heterocycles. The zero-order valence-corrected chi connectivity index (χ0v) is 10.2. The Labute approximate surface area is 91.1 Å². The number of halogens is 1.